The largest absolute Gasteiger partial charge is 0.297 e. The molecular formula is C34H43BrN6O2Si2. The van der Waals surface area contributed by atoms with E-state index in [1.165, 1.54) is 0 Å². The minimum atomic E-state index is -1.40. The fraction of sp³-hybridized carbons (Fsp3) is 0.412. The lowest BCUT2D eigenvalue weighted by molar-refractivity contribution is 0.259. The summed E-state index contributed by atoms with van der Waals surface area (Å²) in [7, 11) is 1.59. The second kappa shape index (κ2) is 14.0. The van der Waals surface area contributed by atoms with Crippen LogP contribution in [0.2, 0.25) is 39.3 Å². The Bertz CT molecular complexity index is 1960. The molecule has 0 N–H and O–H groups in total. The van der Waals surface area contributed by atoms with E-state index in [1.54, 1.807) is 9.13 Å². The van der Waals surface area contributed by atoms with E-state index in [0.29, 0.717) is 17.3 Å². The molecule has 2 aliphatic rings. The van der Waals surface area contributed by atoms with Crippen LogP contribution in [0.5, 0.6) is 0 Å². The Morgan fingerprint density at radius 1 is 0.733 bits per heavy atom. The molecule has 0 fully saturated rings. The molecule has 0 aliphatic carbocycles. The molecule has 2 aliphatic heterocycles. The molecule has 0 atom stereocenters. The lowest BCUT2D eigenvalue weighted by Gasteiger charge is -2.25. The Morgan fingerprint density at radius 3 is 1.67 bits per heavy atom. The summed E-state index contributed by atoms with van der Waals surface area (Å²) in [6.07, 6.45) is 5.12. The first kappa shape index (κ1) is 34.5. The van der Waals surface area contributed by atoms with Crippen LogP contribution in [-0.2, 0) is 26.2 Å². The molecule has 11 heteroatoms. The number of halogens is 1. The molecule has 4 heterocycles. The molecule has 0 bridgehead atoms. The van der Waals surface area contributed by atoms with Gasteiger partial charge in [0, 0.05) is 36.2 Å². The summed E-state index contributed by atoms with van der Waals surface area (Å²) in [6, 6.07) is 11.4. The molecule has 2 aromatic carbocycles. The van der Waals surface area contributed by atoms with Gasteiger partial charge in [-0.1, -0.05) is 61.1 Å². The number of hydrogen-bond donors (Lipinski definition) is 0. The van der Waals surface area contributed by atoms with Gasteiger partial charge in [0.1, 0.15) is 27.8 Å². The molecule has 0 amide bonds. The van der Waals surface area contributed by atoms with E-state index in [2.05, 4.69) is 94.1 Å². The maximum atomic E-state index is 12.6. The molecule has 4 aromatic rings. The lowest BCUT2D eigenvalue weighted by atomic mass is 10.1. The molecule has 2 aromatic heterocycles. The van der Waals surface area contributed by atoms with Crippen molar-refractivity contribution in [3.05, 3.63) is 78.8 Å². The SMILES string of the molecule is C#C[Si](C)(C)C.CN1CCn2c(nc3cc(Br)ccc3c2=O)C1.CN1CCn2c(nc3cc(C#C[Si](C)(C)C)ccc3c2=O)C1. The maximum absolute atomic E-state index is 12.6. The zero-order valence-corrected chi connectivity index (χ0v) is 31.2. The van der Waals surface area contributed by atoms with Crippen molar-refractivity contribution in [1.29, 1.82) is 0 Å². The highest BCUT2D eigenvalue weighted by atomic mass is 79.9. The number of benzene rings is 2. The summed E-state index contributed by atoms with van der Waals surface area (Å²) < 4.78 is 4.54. The molecular weight excluding hydrogens is 660 g/mol. The first-order valence-corrected chi connectivity index (χ1v) is 22.9. The molecule has 0 saturated heterocycles. The fourth-order valence-corrected chi connectivity index (χ4v) is 5.60. The quantitative estimate of drug-likeness (QED) is 0.186. The highest BCUT2D eigenvalue weighted by Crippen LogP contribution is 2.18. The number of aromatic nitrogens is 4. The van der Waals surface area contributed by atoms with Crippen LogP contribution in [0.4, 0.5) is 0 Å². The van der Waals surface area contributed by atoms with Crippen LogP contribution in [0.1, 0.15) is 17.2 Å². The van der Waals surface area contributed by atoms with E-state index in [9.17, 15) is 9.59 Å². The average molecular weight is 704 g/mol. The van der Waals surface area contributed by atoms with E-state index < -0.39 is 16.1 Å². The van der Waals surface area contributed by atoms with Gasteiger partial charge in [-0.3, -0.25) is 28.5 Å². The van der Waals surface area contributed by atoms with Crippen molar-refractivity contribution in [2.45, 2.75) is 65.5 Å². The monoisotopic (exact) mass is 702 g/mol. The lowest BCUT2D eigenvalue weighted by Crippen LogP contribution is -2.38. The van der Waals surface area contributed by atoms with Crippen LogP contribution < -0.4 is 11.1 Å². The Hall–Kier alpha value is -3.33. The summed E-state index contributed by atoms with van der Waals surface area (Å²) in [5.74, 6) is 4.94. The normalized spacial score (nSPS) is 14.9. The predicted octanol–water partition coefficient (Wildman–Crippen LogP) is 5.17. The highest BCUT2D eigenvalue weighted by molar-refractivity contribution is 9.10. The summed E-state index contributed by atoms with van der Waals surface area (Å²) in [6.45, 7) is 17.8. The number of rotatable bonds is 0. The van der Waals surface area contributed by atoms with Crippen molar-refractivity contribution in [1.82, 2.24) is 28.9 Å². The van der Waals surface area contributed by atoms with Gasteiger partial charge in [-0.2, -0.15) is 0 Å². The van der Waals surface area contributed by atoms with Gasteiger partial charge in [0.15, 0.2) is 0 Å². The smallest absolute Gasteiger partial charge is 0.261 e. The number of fused-ring (bicyclic) bond motifs is 4. The first-order valence-electron chi connectivity index (χ1n) is 15.1. The van der Waals surface area contributed by atoms with Crippen LogP contribution in [0, 0.1) is 23.4 Å². The summed E-state index contributed by atoms with van der Waals surface area (Å²) in [5.41, 5.74) is 8.71. The van der Waals surface area contributed by atoms with Gasteiger partial charge < -0.3 is 0 Å². The van der Waals surface area contributed by atoms with E-state index >= 15 is 0 Å². The minimum absolute atomic E-state index is 0.0674. The second-order valence-corrected chi connectivity index (χ2v) is 24.2. The third-order valence-electron chi connectivity index (χ3n) is 7.28. The Kier molecular flexibility index (Phi) is 10.7. The van der Waals surface area contributed by atoms with E-state index in [4.69, 9.17) is 11.4 Å². The van der Waals surface area contributed by atoms with Crippen LogP contribution in [-0.4, -0.2) is 72.2 Å². The second-order valence-electron chi connectivity index (χ2n) is 13.7. The van der Waals surface area contributed by atoms with Crippen molar-refractivity contribution >= 4 is 53.9 Å². The zero-order chi connectivity index (χ0) is 33.1. The molecule has 0 spiro atoms. The summed E-state index contributed by atoms with van der Waals surface area (Å²) in [4.78, 5) is 38.5. The maximum Gasteiger partial charge on any atom is 0.261 e. The third-order valence-corrected chi connectivity index (χ3v) is 9.51. The highest BCUT2D eigenvalue weighted by Gasteiger charge is 2.19. The van der Waals surface area contributed by atoms with Crippen molar-refractivity contribution in [3.8, 4) is 23.4 Å². The van der Waals surface area contributed by atoms with Gasteiger partial charge in [-0.25, -0.2) is 9.97 Å². The van der Waals surface area contributed by atoms with E-state index in [0.717, 1.165) is 65.4 Å². The van der Waals surface area contributed by atoms with Crippen LogP contribution in [0.15, 0.2) is 50.5 Å². The van der Waals surface area contributed by atoms with Gasteiger partial charge in [0.2, 0.25) is 0 Å². The number of nitrogens with zero attached hydrogens (tertiary/aromatic N) is 6. The molecule has 0 radical (unpaired) electrons. The fourth-order valence-electron chi connectivity index (χ4n) is 4.73. The molecule has 236 valence electrons. The molecule has 45 heavy (non-hydrogen) atoms. The van der Waals surface area contributed by atoms with Crippen molar-refractivity contribution < 1.29 is 0 Å². The molecule has 0 saturated carbocycles. The molecule has 8 nitrogen and oxygen atoms in total. The zero-order valence-electron chi connectivity index (χ0n) is 27.7. The van der Waals surface area contributed by atoms with E-state index in [1.807, 2.05) is 43.4 Å². The summed E-state index contributed by atoms with van der Waals surface area (Å²) in [5, 5.41) is 1.38. The van der Waals surface area contributed by atoms with E-state index in [-0.39, 0.29) is 11.1 Å². The van der Waals surface area contributed by atoms with Crippen LogP contribution in [0.25, 0.3) is 21.8 Å². The Labute approximate surface area is 276 Å². The van der Waals surface area contributed by atoms with Crippen LogP contribution in [0.3, 0.4) is 0 Å². The topological polar surface area (TPSA) is 76.3 Å². The number of likely N-dealkylation sites (N-methyl/N-ethyl adjacent to an activating group) is 2. The van der Waals surface area contributed by atoms with Gasteiger partial charge in [-0.15, -0.1) is 17.5 Å². The Balaban J connectivity index is 0.000000178. The summed E-state index contributed by atoms with van der Waals surface area (Å²) >= 11 is 3.41. The number of hydrogen-bond acceptors (Lipinski definition) is 6. The van der Waals surface area contributed by atoms with Gasteiger partial charge >= 0.3 is 0 Å². The van der Waals surface area contributed by atoms with Crippen molar-refractivity contribution in [3.63, 3.8) is 0 Å². The van der Waals surface area contributed by atoms with Crippen LogP contribution >= 0.6 is 15.9 Å². The first-order chi connectivity index (χ1) is 21.0. The minimum Gasteiger partial charge on any atom is -0.297 e. The van der Waals surface area contributed by atoms with Gasteiger partial charge in [0.25, 0.3) is 11.1 Å². The third kappa shape index (κ3) is 9.12. The van der Waals surface area contributed by atoms with Gasteiger partial charge in [-0.05, 0) is 50.5 Å². The predicted molar refractivity (Wildman–Crippen MR) is 195 cm³/mol. The standard InChI is InChI=1S/C17H21N3OSi.C12H12BrN3O.C5H10Si/c1-19-8-9-20-16(12-19)18-15-11-13(7-10-22(2,3)4)5-6-14(15)17(20)21;1-15-4-5-16-11(7-15)14-10-6-8(13)2-3-9(10)12(16)17;1-5-6(2,3)4/h5-6,11H,8-9,12H2,1-4H3;2-3,6H,4-5,7H2,1H3;1H,2-4H3. The van der Waals surface area contributed by atoms with Crippen molar-refractivity contribution in [2.24, 2.45) is 0 Å². The average Bonchev–Trinajstić information content (AvgIpc) is 2.95. The van der Waals surface area contributed by atoms with Crippen molar-refractivity contribution in [2.75, 3.05) is 27.2 Å². The Morgan fingerprint density at radius 2 is 1.20 bits per heavy atom. The number of terminal acetylenes is 1. The molecule has 6 rings (SSSR count). The molecule has 0 unspecified atom stereocenters. The van der Waals surface area contributed by atoms with Gasteiger partial charge in [0.05, 0.1) is 34.9 Å².